The second-order valence-electron chi connectivity index (χ2n) is 5.60. The normalized spacial score (nSPS) is 18.4. The zero-order valence-corrected chi connectivity index (χ0v) is 13.9. The molecule has 120 valence electrons. The Balaban J connectivity index is 1.67. The number of hydrogen-bond acceptors (Lipinski definition) is 6. The molecule has 0 aliphatic carbocycles. The lowest BCUT2D eigenvalue weighted by Crippen LogP contribution is -2.23. The molecule has 0 saturated carbocycles. The second-order valence-corrected chi connectivity index (χ2v) is 6.37. The summed E-state index contributed by atoms with van der Waals surface area (Å²) in [6.07, 6.45) is 6.29. The fraction of sp³-hybridized carbons (Fsp3) is 0.600. The number of ether oxygens (including phenoxy) is 1. The summed E-state index contributed by atoms with van der Waals surface area (Å²) in [6.45, 7) is 3.21. The first kappa shape index (κ1) is 15.6. The number of thioether (sulfide) groups is 1. The molecule has 0 bridgehead atoms. The van der Waals surface area contributed by atoms with Crippen molar-refractivity contribution < 1.29 is 9.15 Å². The SMILES string of the molecule is CSc1nnc(CN(C)Cc2ccco2)n1CC1CCCO1. The molecule has 1 saturated heterocycles. The van der Waals surface area contributed by atoms with Gasteiger partial charge < -0.3 is 13.7 Å². The summed E-state index contributed by atoms with van der Waals surface area (Å²) in [7, 11) is 2.06. The van der Waals surface area contributed by atoms with Gasteiger partial charge >= 0.3 is 0 Å². The lowest BCUT2D eigenvalue weighted by molar-refractivity contribution is 0.0934. The summed E-state index contributed by atoms with van der Waals surface area (Å²) < 4.78 is 13.3. The van der Waals surface area contributed by atoms with Gasteiger partial charge in [0.05, 0.1) is 32.0 Å². The lowest BCUT2D eigenvalue weighted by Gasteiger charge is -2.18. The minimum absolute atomic E-state index is 0.288. The molecule has 0 amide bonds. The Labute approximate surface area is 134 Å². The maximum atomic E-state index is 5.76. The molecule has 6 nitrogen and oxygen atoms in total. The predicted octanol–water partition coefficient (Wildman–Crippen LogP) is 2.40. The predicted molar refractivity (Wildman–Crippen MR) is 84.7 cm³/mol. The molecular formula is C15H22N4O2S. The summed E-state index contributed by atoms with van der Waals surface area (Å²) in [5, 5.41) is 9.62. The molecule has 2 aromatic rings. The topological polar surface area (TPSA) is 56.3 Å². The molecule has 1 aliphatic heterocycles. The van der Waals surface area contributed by atoms with E-state index in [-0.39, 0.29) is 6.10 Å². The number of nitrogens with zero attached hydrogens (tertiary/aromatic N) is 4. The molecule has 1 fully saturated rings. The molecule has 22 heavy (non-hydrogen) atoms. The van der Waals surface area contributed by atoms with Gasteiger partial charge in [-0.2, -0.15) is 0 Å². The van der Waals surface area contributed by atoms with E-state index in [9.17, 15) is 0 Å². The van der Waals surface area contributed by atoms with Crippen LogP contribution in [0.3, 0.4) is 0 Å². The van der Waals surface area contributed by atoms with Crippen LogP contribution in [0, 0.1) is 0 Å². The number of aromatic nitrogens is 3. The summed E-state index contributed by atoms with van der Waals surface area (Å²) in [6, 6.07) is 3.90. The second kappa shape index (κ2) is 7.30. The van der Waals surface area contributed by atoms with E-state index >= 15 is 0 Å². The van der Waals surface area contributed by atoms with E-state index in [1.807, 2.05) is 18.4 Å². The Kier molecular flexibility index (Phi) is 5.17. The molecule has 0 radical (unpaired) electrons. The van der Waals surface area contributed by atoms with Crippen LogP contribution >= 0.6 is 11.8 Å². The van der Waals surface area contributed by atoms with E-state index in [0.29, 0.717) is 0 Å². The summed E-state index contributed by atoms with van der Waals surface area (Å²) >= 11 is 1.63. The van der Waals surface area contributed by atoms with Gasteiger partial charge in [0.15, 0.2) is 5.16 Å². The van der Waals surface area contributed by atoms with Crippen LogP contribution < -0.4 is 0 Å². The highest BCUT2D eigenvalue weighted by molar-refractivity contribution is 7.98. The van der Waals surface area contributed by atoms with Crippen molar-refractivity contribution in [3.8, 4) is 0 Å². The largest absolute Gasteiger partial charge is 0.468 e. The van der Waals surface area contributed by atoms with Gasteiger partial charge in [-0.3, -0.25) is 4.90 Å². The molecule has 2 aromatic heterocycles. The van der Waals surface area contributed by atoms with Gasteiger partial charge in [0.1, 0.15) is 11.6 Å². The first-order valence-electron chi connectivity index (χ1n) is 7.55. The van der Waals surface area contributed by atoms with Gasteiger partial charge in [-0.05, 0) is 38.3 Å². The van der Waals surface area contributed by atoms with Crippen molar-refractivity contribution in [2.24, 2.45) is 0 Å². The van der Waals surface area contributed by atoms with Crippen LogP contribution in [0.5, 0.6) is 0 Å². The van der Waals surface area contributed by atoms with Crippen molar-refractivity contribution in [1.82, 2.24) is 19.7 Å². The van der Waals surface area contributed by atoms with E-state index in [0.717, 1.165) is 55.8 Å². The van der Waals surface area contributed by atoms with Crippen molar-refractivity contribution in [2.45, 2.75) is 43.7 Å². The molecule has 1 unspecified atom stereocenters. The Morgan fingerprint density at radius 2 is 2.32 bits per heavy atom. The van der Waals surface area contributed by atoms with Crippen LogP contribution in [-0.4, -0.2) is 45.7 Å². The molecular weight excluding hydrogens is 300 g/mol. The van der Waals surface area contributed by atoms with E-state index in [1.54, 1.807) is 18.0 Å². The molecule has 1 atom stereocenters. The fourth-order valence-electron chi connectivity index (χ4n) is 2.73. The first-order chi connectivity index (χ1) is 10.8. The molecule has 3 heterocycles. The van der Waals surface area contributed by atoms with Crippen molar-refractivity contribution in [3.05, 3.63) is 30.0 Å². The van der Waals surface area contributed by atoms with Gasteiger partial charge in [0.2, 0.25) is 0 Å². The average molecular weight is 322 g/mol. The maximum Gasteiger partial charge on any atom is 0.191 e. The zero-order valence-electron chi connectivity index (χ0n) is 13.1. The summed E-state index contributed by atoms with van der Waals surface area (Å²) in [4.78, 5) is 2.18. The number of furan rings is 1. The maximum absolute atomic E-state index is 5.76. The monoisotopic (exact) mass is 322 g/mol. The van der Waals surface area contributed by atoms with Gasteiger partial charge in [0.25, 0.3) is 0 Å². The minimum Gasteiger partial charge on any atom is -0.468 e. The van der Waals surface area contributed by atoms with Crippen LogP contribution in [0.2, 0.25) is 0 Å². The van der Waals surface area contributed by atoms with E-state index < -0.39 is 0 Å². The number of rotatable bonds is 7. The zero-order chi connectivity index (χ0) is 15.4. The minimum atomic E-state index is 0.288. The van der Waals surface area contributed by atoms with Crippen LogP contribution in [0.1, 0.15) is 24.4 Å². The van der Waals surface area contributed by atoms with Gasteiger partial charge in [-0.25, -0.2) is 0 Å². The van der Waals surface area contributed by atoms with Crippen molar-refractivity contribution in [1.29, 1.82) is 0 Å². The Bertz CT molecular complexity index is 578. The third-order valence-corrected chi connectivity index (χ3v) is 4.47. The van der Waals surface area contributed by atoms with Crippen molar-refractivity contribution in [2.75, 3.05) is 19.9 Å². The first-order valence-corrected chi connectivity index (χ1v) is 8.77. The lowest BCUT2D eigenvalue weighted by atomic mass is 10.2. The third kappa shape index (κ3) is 3.71. The standard InChI is InChI=1S/C15H22N4O2S/c1-18(9-12-5-3-7-20-12)11-14-16-17-15(22-2)19(14)10-13-6-4-8-21-13/h3,5,7,13H,4,6,8-11H2,1-2H3. The molecule has 0 aromatic carbocycles. The van der Waals surface area contributed by atoms with E-state index in [4.69, 9.17) is 9.15 Å². The van der Waals surface area contributed by atoms with Crippen LogP contribution in [0.25, 0.3) is 0 Å². The quantitative estimate of drug-likeness (QED) is 0.730. The molecule has 0 spiro atoms. The smallest absolute Gasteiger partial charge is 0.191 e. The Morgan fingerprint density at radius 1 is 1.41 bits per heavy atom. The van der Waals surface area contributed by atoms with Crippen LogP contribution in [-0.2, 0) is 24.4 Å². The average Bonchev–Trinajstić information content (AvgIpc) is 3.23. The Morgan fingerprint density at radius 3 is 3.00 bits per heavy atom. The number of hydrogen-bond donors (Lipinski definition) is 0. The highest BCUT2D eigenvalue weighted by Crippen LogP contribution is 2.20. The molecule has 0 N–H and O–H groups in total. The highest BCUT2D eigenvalue weighted by Gasteiger charge is 2.21. The summed E-state index contributed by atoms with van der Waals surface area (Å²) in [5.41, 5.74) is 0. The van der Waals surface area contributed by atoms with Crippen molar-refractivity contribution in [3.63, 3.8) is 0 Å². The van der Waals surface area contributed by atoms with Gasteiger partial charge in [0, 0.05) is 6.61 Å². The Hall–Kier alpha value is -1.31. The van der Waals surface area contributed by atoms with Gasteiger partial charge in [-0.1, -0.05) is 11.8 Å². The van der Waals surface area contributed by atoms with E-state index in [2.05, 4.69) is 26.7 Å². The highest BCUT2D eigenvalue weighted by atomic mass is 32.2. The van der Waals surface area contributed by atoms with E-state index in [1.165, 1.54) is 0 Å². The van der Waals surface area contributed by atoms with Crippen molar-refractivity contribution >= 4 is 11.8 Å². The van der Waals surface area contributed by atoms with Crippen LogP contribution in [0.15, 0.2) is 28.0 Å². The van der Waals surface area contributed by atoms with Crippen LogP contribution in [0.4, 0.5) is 0 Å². The third-order valence-electron chi connectivity index (χ3n) is 3.80. The summed E-state index contributed by atoms with van der Waals surface area (Å²) in [5.74, 6) is 1.94. The fourth-order valence-corrected chi connectivity index (χ4v) is 3.25. The molecule has 7 heteroatoms. The molecule has 3 rings (SSSR count). The molecule has 1 aliphatic rings. The van der Waals surface area contributed by atoms with Gasteiger partial charge in [-0.15, -0.1) is 10.2 Å².